The number of carbonyl (C=O) groups is 5. The summed E-state index contributed by atoms with van der Waals surface area (Å²) in [6, 6.07) is -4.42. The number of amides is 5. The summed E-state index contributed by atoms with van der Waals surface area (Å²) >= 11 is 0. The van der Waals surface area contributed by atoms with Gasteiger partial charge < -0.3 is 26.6 Å². The van der Waals surface area contributed by atoms with E-state index in [1.54, 1.807) is 20.8 Å². The SMILES string of the molecule is CC(C)(C)[C@H](NC(=O)NC1(C(F)(F)F)CC1)C(=O)N1C[C@H]2[C@@H]([C@H]1C(=O)N[C@@H](CC1CCC1)C(=O)C(N)=O)C2(C)C. The Morgan fingerprint density at radius 3 is 2.08 bits per heavy atom. The molecule has 5 atom stereocenters. The monoisotopic (exact) mass is 571 g/mol. The van der Waals surface area contributed by atoms with Crippen molar-refractivity contribution in [3.8, 4) is 0 Å². The van der Waals surface area contributed by atoms with E-state index in [0.717, 1.165) is 19.3 Å². The number of nitrogens with two attached hydrogens (primary N) is 1. The number of nitrogens with zero attached hydrogens (tertiary/aromatic N) is 1. The highest BCUT2D eigenvalue weighted by atomic mass is 19.4. The van der Waals surface area contributed by atoms with Gasteiger partial charge in [0.1, 0.15) is 17.6 Å². The molecule has 0 bridgehead atoms. The molecule has 224 valence electrons. The lowest BCUT2D eigenvalue weighted by Gasteiger charge is -2.38. The van der Waals surface area contributed by atoms with Crippen LogP contribution in [0, 0.1) is 28.6 Å². The highest BCUT2D eigenvalue weighted by Gasteiger charge is 2.70. The van der Waals surface area contributed by atoms with E-state index >= 15 is 0 Å². The first kappa shape index (κ1) is 30.1. The third-order valence-electron chi connectivity index (χ3n) is 9.46. The van der Waals surface area contributed by atoms with Crippen molar-refractivity contribution in [3.63, 3.8) is 0 Å². The molecule has 4 rings (SSSR count). The molecule has 13 heteroatoms. The predicted octanol–water partition coefficient (Wildman–Crippen LogP) is 2.01. The number of carbonyl (C=O) groups excluding carboxylic acids is 5. The molecule has 1 saturated heterocycles. The van der Waals surface area contributed by atoms with Crippen LogP contribution < -0.4 is 21.7 Å². The van der Waals surface area contributed by atoms with Crippen molar-refractivity contribution in [1.29, 1.82) is 0 Å². The van der Waals surface area contributed by atoms with Gasteiger partial charge in [-0.1, -0.05) is 53.9 Å². The molecule has 5 amide bonds. The number of ketones is 1. The van der Waals surface area contributed by atoms with Crippen LogP contribution in [0.15, 0.2) is 0 Å². The molecule has 10 nitrogen and oxygen atoms in total. The van der Waals surface area contributed by atoms with Gasteiger partial charge >= 0.3 is 12.2 Å². The molecule has 4 aliphatic rings. The van der Waals surface area contributed by atoms with Crippen LogP contribution in [0.3, 0.4) is 0 Å². The van der Waals surface area contributed by atoms with Gasteiger partial charge in [0, 0.05) is 6.54 Å². The molecule has 0 spiro atoms. The number of hydrogen-bond donors (Lipinski definition) is 4. The molecule has 5 N–H and O–H groups in total. The third kappa shape index (κ3) is 5.52. The standard InChI is InChI=1S/C27H40F3N5O5/c1-24(2,3)19(33-23(40)34-26(9-10-26)27(28,29)30)22(39)35-12-14-16(25(14,4)5)17(35)21(38)32-15(18(36)20(31)37)11-13-7-6-8-13/h13-17,19H,6-12H2,1-5H3,(H2,31,37)(H,32,38)(H2,33,34,40)/t14-,15-,16-,17-,19+/m0/s1. The summed E-state index contributed by atoms with van der Waals surface area (Å²) < 4.78 is 40.2. The van der Waals surface area contributed by atoms with E-state index in [0.29, 0.717) is 0 Å². The fourth-order valence-electron chi connectivity index (χ4n) is 6.34. The van der Waals surface area contributed by atoms with Crippen molar-refractivity contribution in [1.82, 2.24) is 20.9 Å². The molecule has 0 aromatic heterocycles. The Balaban J connectivity index is 1.53. The van der Waals surface area contributed by atoms with Crippen LogP contribution in [-0.4, -0.2) is 70.8 Å². The number of halogens is 3. The van der Waals surface area contributed by atoms with Crippen LogP contribution >= 0.6 is 0 Å². The first-order chi connectivity index (χ1) is 18.3. The molecule has 4 fully saturated rings. The van der Waals surface area contributed by atoms with Crippen LogP contribution in [-0.2, 0) is 19.2 Å². The lowest BCUT2D eigenvalue weighted by Crippen LogP contribution is -2.62. The zero-order valence-corrected chi connectivity index (χ0v) is 23.6. The molecular weight excluding hydrogens is 531 g/mol. The van der Waals surface area contributed by atoms with Crippen molar-refractivity contribution in [3.05, 3.63) is 0 Å². The highest BCUT2D eigenvalue weighted by Crippen LogP contribution is 2.65. The van der Waals surface area contributed by atoms with Gasteiger partial charge in [-0.05, 0) is 47.8 Å². The highest BCUT2D eigenvalue weighted by molar-refractivity contribution is 6.37. The fraction of sp³-hybridized carbons (Fsp3) is 0.815. The van der Waals surface area contributed by atoms with E-state index in [4.69, 9.17) is 5.73 Å². The normalized spacial score (nSPS) is 27.9. The number of likely N-dealkylation sites (tertiary alicyclic amines) is 1. The number of hydrogen-bond acceptors (Lipinski definition) is 5. The van der Waals surface area contributed by atoms with E-state index in [9.17, 15) is 37.1 Å². The van der Waals surface area contributed by atoms with E-state index in [1.807, 2.05) is 19.2 Å². The van der Waals surface area contributed by atoms with Crippen molar-refractivity contribution < 1.29 is 37.1 Å². The van der Waals surface area contributed by atoms with E-state index in [2.05, 4.69) is 10.6 Å². The van der Waals surface area contributed by atoms with Crippen LogP contribution in [0.5, 0.6) is 0 Å². The number of fused-ring (bicyclic) bond motifs is 1. The summed E-state index contributed by atoms with van der Waals surface area (Å²) in [6.45, 7) is 9.18. The number of piperidine rings is 1. The van der Waals surface area contributed by atoms with Crippen LogP contribution in [0.1, 0.15) is 73.1 Å². The maximum absolute atomic E-state index is 13.9. The largest absolute Gasteiger partial charge is 0.411 e. The minimum absolute atomic E-state index is 0.0152. The molecule has 3 saturated carbocycles. The maximum atomic E-state index is 13.9. The molecule has 1 heterocycles. The first-order valence-electron chi connectivity index (χ1n) is 13.9. The topological polar surface area (TPSA) is 151 Å². The minimum atomic E-state index is -4.62. The number of Topliss-reactive ketones (excluding diaryl/α,β-unsaturated/α-hetero) is 1. The van der Waals surface area contributed by atoms with Crippen molar-refractivity contribution in [2.75, 3.05) is 6.54 Å². The lowest BCUT2D eigenvalue weighted by atomic mass is 9.80. The summed E-state index contributed by atoms with van der Waals surface area (Å²) in [6.07, 6.45) is -2.07. The van der Waals surface area contributed by atoms with Gasteiger partial charge in [-0.3, -0.25) is 19.2 Å². The van der Waals surface area contributed by atoms with Gasteiger partial charge in [0.2, 0.25) is 17.6 Å². The Labute approximate surface area is 231 Å². The number of alkyl halides is 3. The van der Waals surface area contributed by atoms with Crippen LogP contribution in [0.25, 0.3) is 0 Å². The molecule has 0 aromatic carbocycles. The molecule has 0 aromatic rings. The Morgan fingerprint density at radius 2 is 1.62 bits per heavy atom. The zero-order chi connectivity index (χ0) is 30.0. The van der Waals surface area contributed by atoms with E-state index in [1.165, 1.54) is 4.90 Å². The molecule has 0 radical (unpaired) electrons. The van der Waals surface area contributed by atoms with E-state index in [-0.39, 0.29) is 49.0 Å². The smallest absolute Gasteiger partial charge is 0.363 e. The Hall–Kier alpha value is -2.86. The number of nitrogens with one attached hydrogen (secondary N) is 3. The molecule has 1 aliphatic heterocycles. The second-order valence-electron chi connectivity index (χ2n) is 13.7. The Kier molecular flexibility index (Phi) is 7.45. The maximum Gasteiger partial charge on any atom is 0.411 e. The average Bonchev–Trinajstić information content (AvgIpc) is 3.61. The summed E-state index contributed by atoms with van der Waals surface area (Å²) in [5.41, 5.74) is 1.78. The zero-order valence-electron chi connectivity index (χ0n) is 23.6. The van der Waals surface area contributed by atoms with Gasteiger partial charge in [-0.15, -0.1) is 0 Å². The van der Waals surface area contributed by atoms with Crippen molar-refractivity contribution in [2.24, 2.45) is 34.3 Å². The quantitative estimate of drug-likeness (QED) is 0.312. The molecular formula is C27H40F3N5O5. The summed E-state index contributed by atoms with van der Waals surface area (Å²) in [5, 5.41) is 7.12. The summed E-state index contributed by atoms with van der Waals surface area (Å²) in [5.74, 6) is -3.29. The van der Waals surface area contributed by atoms with Gasteiger partial charge in [0.15, 0.2) is 0 Å². The van der Waals surface area contributed by atoms with Gasteiger partial charge in [-0.25, -0.2) is 4.79 Å². The first-order valence-corrected chi connectivity index (χ1v) is 13.9. The van der Waals surface area contributed by atoms with Gasteiger partial charge in [-0.2, -0.15) is 13.2 Å². The second kappa shape index (κ2) is 9.90. The average molecular weight is 572 g/mol. The van der Waals surface area contributed by atoms with Crippen LogP contribution in [0.2, 0.25) is 0 Å². The van der Waals surface area contributed by atoms with Gasteiger partial charge in [0.25, 0.3) is 5.91 Å². The van der Waals surface area contributed by atoms with Crippen molar-refractivity contribution in [2.45, 2.75) is 103 Å². The van der Waals surface area contributed by atoms with Crippen LogP contribution in [0.4, 0.5) is 18.0 Å². The molecule has 3 aliphatic carbocycles. The lowest BCUT2D eigenvalue weighted by molar-refractivity contribution is -0.162. The Bertz CT molecular complexity index is 1090. The van der Waals surface area contributed by atoms with Gasteiger partial charge in [0.05, 0.1) is 6.04 Å². The minimum Gasteiger partial charge on any atom is -0.363 e. The third-order valence-corrected chi connectivity index (χ3v) is 9.46. The Morgan fingerprint density at radius 1 is 1.02 bits per heavy atom. The van der Waals surface area contributed by atoms with E-state index < -0.39 is 64.8 Å². The summed E-state index contributed by atoms with van der Waals surface area (Å²) in [7, 11) is 0. The number of urea groups is 1. The second-order valence-corrected chi connectivity index (χ2v) is 13.7. The number of rotatable bonds is 9. The molecule has 40 heavy (non-hydrogen) atoms. The molecule has 0 unspecified atom stereocenters. The van der Waals surface area contributed by atoms with Crippen molar-refractivity contribution >= 4 is 29.5 Å². The number of primary amides is 1. The summed E-state index contributed by atoms with van der Waals surface area (Å²) in [4.78, 5) is 65.9. The fourth-order valence-corrected chi connectivity index (χ4v) is 6.34. The predicted molar refractivity (Wildman–Crippen MR) is 137 cm³/mol.